The molecule has 3 N–H and O–H groups in total. The third-order valence-corrected chi connectivity index (χ3v) is 4.02. The molecule has 120 valence electrons. The molecule has 3 amide bonds. The van der Waals surface area contributed by atoms with E-state index >= 15 is 0 Å². The van der Waals surface area contributed by atoms with Crippen LogP contribution in [0.2, 0.25) is 0 Å². The first-order chi connectivity index (χ1) is 9.62. The van der Waals surface area contributed by atoms with Crippen LogP contribution in [0.1, 0.15) is 33.6 Å². The number of nitrogens with one attached hydrogen (secondary N) is 2. The second-order valence-electron chi connectivity index (χ2n) is 6.51. The maximum Gasteiger partial charge on any atom is 0.317 e. The highest BCUT2D eigenvalue weighted by atomic mass is 16.4. The average Bonchev–Trinajstić information content (AvgIpc) is 2.43. The molecule has 0 aromatic heterocycles. The minimum atomic E-state index is -0.897. The number of carboxylic acids is 1. The van der Waals surface area contributed by atoms with Crippen molar-refractivity contribution in [3.63, 3.8) is 0 Å². The van der Waals surface area contributed by atoms with Crippen molar-refractivity contribution in [3.8, 4) is 0 Å². The van der Waals surface area contributed by atoms with Crippen molar-refractivity contribution >= 4 is 17.9 Å². The average molecular weight is 299 g/mol. The maximum absolute atomic E-state index is 12.2. The molecule has 7 heteroatoms. The number of piperidine rings is 1. The number of rotatable bonds is 4. The Bertz CT molecular complexity index is 436. The molecule has 1 atom stereocenters. The van der Waals surface area contributed by atoms with Crippen LogP contribution in [0.4, 0.5) is 4.79 Å². The lowest BCUT2D eigenvalue weighted by Crippen LogP contribution is -2.53. The molecule has 0 bridgehead atoms. The van der Waals surface area contributed by atoms with E-state index in [4.69, 9.17) is 0 Å². The van der Waals surface area contributed by atoms with Gasteiger partial charge in [0.1, 0.15) is 0 Å². The predicted molar refractivity (Wildman–Crippen MR) is 77.8 cm³/mol. The van der Waals surface area contributed by atoms with E-state index in [0.29, 0.717) is 19.4 Å². The minimum Gasteiger partial charge on any atom is -0.481 e. The molecule has 1 heterocycles. The minimum absolute atomic E-state index is 0.156. The Kier molecular flexibility index (Phi) is 5.20. The van der Waals surface area contributed by atoms with Gasteiger partial charge in [-0.1, -0.05) is 0 Å². The van der Waals surface area contributed by atoms with Crippen molar-refractivity contribution < 1.29 is 19.5 Å². The standard InChI is InChI=1S/C14H25N3O4/c1-13(2,10(18)15-4)8-16-12(21)17-7-5-6-14(3,9-17)11(19)20/h5-9H2,1-4H3,(H,15,18)(H,16,21)(H,19,20). The van der Waals surface area contributed by atoms with Crippen molar-refractivity contribution in [2.75, 3.05) is 26.7 Å². The number of aliphatic carboxylic acids is 1. The number of carbonyl (C=O) groups is 3. The van der Waals surface area contributed by atoms with Crippen molar-refractivity contribution in [2.24, 2.45) is 10.8 Å². The van der Waals surface area contributed by atoms with Crippen LogP contribution in [-0.4, -0.2) is 54.6 Å². The summed E-state index contributed by atoms with van der Waals surface area (Å²) in [6.07, 6.45) is 1.23. The lowest BCUT2D eigenvalue weighted by molar-refractivity contribution is -0.150. The van der Waals surface area contributed by atoms with E-state index in [9.17, 15) is 19.5 Å². The quantitative estimate of drug-likeness (QED) is 0.710. The van der Waals surface area contributed by atoms with Gasteiger partial charge in [0.05, 0.1) is 10.8 Å². The van der Waals surface area contributed by atoms with Crippen LogP contribution in [0.3, 0.4) is 0 Å². The van der Waals surface area contributed by atoms with Gasteiger partial charge in [0.15, 0.2) is 0 Å². The molecule has 0 spiro atoms. The molecule has 0 aromatic rings. The zero-order valence-corrected chi connectivity index (χ0v) is 13.2. The summed E-state index contributed by atoms with van der Waals surface area (Å²) >= 11 is 0. The number of hydrogen-bond donors (Lipinski definition) is 3. The van der Waals surface area contributed by atoms with E-state index in [1.165, 1.54) is 4.90 Å². The van der Waals surface area contributed by atoms with Crippen LogP contribution in [0, 0.1) is 10.8 Å². The van der Waals surface area contributed by atoms with Gasteiger partial charge >= 0.3 is 12.0 Å². The van der Waals surface area contributed by atoms with Crippen molar-refractivity contribution in [2.45, 2.75) is 33.6 Å². The molecule has 0 aliphatic carbocycles. The molecule has 1 aliphatic rings. The zero-order valence-electron chi connectivity index (χ0n) is 13.2. The molecule has 1 fully saturated rings. The van der Waals surface area contributed by atoms with Crippen LogP contribution in [0.5, 0.6) is 0 Å². The predicted octanol–water partition coefficient (Wildman–Crippen LogP) is 0.655. The Morgan fingerprint density at radius 3 is 2.48 bits per heavy atom. The first-order valence-corrected chi connectivity index (χ1v) is 7.11. The number of hydrogen-bond acceptors (Lipinski definition) is 3. The van der Waals surface area contributed by atoms with Crippen molar-refractivity contribution in [1.82, 2.24) is 15.5 Å². The molecule has 21 heavy (non-hydrogen) atoms. The summed E-state index contributed by atoms with van der Waals surface area (Å²) in [5.74, 6) is -1.04. The Morgan fingerprint density at radius 2 is 1.95 bits per heavy atom. The van der Waals surface area contributed by atoms with Crippen LogP contribution in [-0.2, 0) is 9.59 Å². The summed E-state index contributed by atoms with van der Waals surface area (Å²) in [7, 11) is 1.55. The third kappa shape index (κ3) is 4.09. The molecule has 1 unspecified atom stereocenters. The maximum atomic E-state index is 12.2. The summed E-state index contributed by atoms with van der Waals surface area (Å²) < 4.78 is 0. The molecule has 0 radical (unpaired) electrons. The highest BCUT2D eigenvalue weighted by Crippen LogP contribution is 2.29. The first-order valence-electron chi connectivity index (χ1n) is 7.11. The van der Waals surface area contributed by atoms with Crippen molar-refractivity contribution in [1.29, 1.82) is 0 Å². The number of likely N-dealkylation sites (tertiary alicyclic amines) is 1. The fraction of sp³-hybridized carbons (Fsp3) is 0.786. The summed E-state index contributed by atoms with van der Waals surface area (Å²) in [6, 6.07) is -0.320. The Hall–Kier alpha value is -1.79. The summed E-state index contributed by atoms with van der Waals surface area (Å²) in [5.41, 5.74) is -1.61. The zero-order chi connectivity index (χ0) is 16.3. The molecular weight excluding hydrogens is 274 g/mol. The monoisotopic (exact) mass is 299 g/mol. The third-order valence-electron chi connectivity index (χ3n) is 4.02. The van der Waals surface area contributed by atoms with Gasteiger partial charge < -0.3 is 20.6 Å². The van der Waals surface area contributed by atoms with Crippen LogP contribution in [0.15, 0.2) is 0 Å². The number of carboxylic acid groups (broad SMARTS) is 1. The lowest BCUT2D eigenvalue weighted by Gasteiger charge is -2.37. The van der Waals surface area contributed by atoms with E-state index < -0.39 is 16.8 Å². The molecular formula is C14H25N3O4. The Labute approximate surface area is 125 Å². The number of carbonyl (C=O) groups excluding carboxylic acids is 2. The lowest BCUT2D eigenvalue weighted by atomic mass is 9.82. The molecule has 0 aromatic carbocycles. The van der Waals surface area contributed by atoms with E-state index in [-0.39, 0.29) is 25.0 Å². The Balaban J connectivity index is 2.60. The van der Waals surface area contributed by atoms with E-state index in [2.05, 4.69) is 10.6 Å². The topological polar surface area (TPSA) is 98.7 Å². The van der Waals surface area contributed by atoms with Gasteiger partial charge in [-0.15, -0.1) is 0 Å². The van der Waals surface area contributed by atoms with Gasteiger partial charge in [-0.25, -0.2) is 4.79 Å². The first kappa shape index (κ1) is 17.3. The molecule has 1 saturated heterocycles. The smallest absolute Gasteiger partial charge is 0.317 e. The van der Waals surface area contributed by atoms with Gasteiger partial charge in [-0.05, 0) is 33.6 Å². The van der Waals surface area contributed by atoms with E-state index in [1.807, 2.05) is 0 Å². The second-order valence-corrected chi connectivity index (χ2v) is 6.51. The van der Waals surface area contributed by atoms with Gasteiger partial charge in [0.2, 0.25) is 5.91 Å². The molecule has 1 aliphatic heterocycles. The molecule has 0 saturated carbocycles. The van der Waals surface area contributed by atoms with Crippen LogP contribution < -0.4 is 10.6 Å². The van der Waals surface area contributed by atoms with Crippen molar-refractivity contribution in [3.05, 3.63) is 0 Å². The van der Waals surface area contributed by atoms with Crippen LogP contribution in [0.25, 0.3) is 0 Å². The normalized spacial score (nSPS) is 22.6. The van der Waals surface area contributed by atoms with E-state index in [1.54, 1.807) is 27.8 Å². The van der Waals surface area contributed by atoms with Gasteiger partial charge in [-0.3, -0.25) is 9.59 Å². The van der Waals surface area contributed by atoms with Gasteiger partial charge in [0.25, 0.3) is 0 Å². The largest absolute Gasteiger partial charge is 0.481 e. The summed E-state index contributed by atoms with van der Waals surface area (Å²) in [5, 5.41) is 14.5. The number of amides is 3. The number of nitrogens with zero attached hydrogens (tertiary/aromatic N) is 1. The Morgan fingerprint density at radius 1 is 1.33 bits per heavy atom. The van der Waals surface area contributed by atoms with Crippen LogP contribution >= 0.6 is 0 Å². The fourth-order valence-electron chi connectivity index (χ4n) is 2.41. The fourth-order valence-corrected chi connectivity index (χ4v) is 2.41. The number of urea groups is 1. The van der Waals surface area contributed by atoms with E-state index in [0.717, 1.165) is 0 Å². The van der Waals surface area contributed by atoms with Gasteiger partial charge in [-0.2, -0.15) is 0 Å². The molecule has 7 nitrogen and oxygen atoms in total. The highest BCUT2D eigenvalue weighted by Gasteiger charge is 2.39. The highest BCUT2D eigenvalue weighted by molar-refractivity contribution is 5.83. The SMILES string of the molecule is CNC(=O)C(C)(C)CNC(=O)N1CCCC(C)(C(=O)O)C1. The summed E-state index contributed by atoms with van der Waals surface area (Å²) in [6.45, 7) is 6.06. The molecule has 1 rings (SSSR count). The second kappa shape index (κ2) is 6.32. The summed E-state index contributed by atoms with van der Waals surface area (Å²) in [4.78, 5) is 36.6. The van der Waals surface area contributed by atoms with Gasteiger partial charge in [0, 0.05) is 26.7 Å².